The van der Waals surface area contributed by atoms with Gasteiger partial charge in [0.1, 0.15) is 4.21 Å². The highest BCUT2D eigenvalue weighted by molar-refractivity contribution is 7.93. The van der Waals surface area contributed by atoms with Crippen LogP contribution in [0.25, 0.3) is 22.0 Å². The molecule has 0 bridgehead atoms. The van der Waals surface area contributed by atoms with Gasteiger partial charge in [-0.15, -0.1) is 11.3 Å². The largest absolute Gasteiger partial charge is 0.236 e. The van der Waals surface area contributed by atoms with E-state index < -0.39 is 9.84 Å². The maximum atomic E-state index is 12.9. The second-order valence-corrected chi connectivity index (χ2v) is 8.90. The summed E-state index contributed by atoms with van der Waals surface area (Å²) in [7, 11) is -3.62. The number of aromatic nitrogens is 1. The van der Waals surface area contributed by atoms with Crippen LogP contribution in [0.1, 0.15) is 5.56 Å². The lowest BCUT2D eigenvalue weighted by atomic mass is 10.0. The first kappa shape index (κ1) is 16.0. The minimum absolute atomic E-state index is 0.0881. The van der Waals surface area contributed by atoms with E-state index in [1.54, 1.807) is 23.6 Å². The SMILES string of the molecule is Cc1ccc2nc(S(=O)(=O)c3cccs3)cc(-c3ccccc3)c2c1. The molecule has 0 unspecified atom stereocenters. The number of hydrogen-bond acceptors (Lipinski definition) is 4. The fourth-order valence-corrected chi connectivity index (χ4v) is 5.16. The minimum Gasteiger partial charge on any atom is -0.236 e. The van der Waals surface area contributed by atoms with Crippen LogP contribution in [0.5, 0.6) is 0 Å². The van der Waals surface area contributed by atoms with Crippen molar-refractivity contribution in [3.63, 3.8) is 0 Å². The molecule has 3 nitrogen and oxygen atoms in total. The molecule has 5 heteroatoms. The molecule has 0 aliphatic heterocycles. The zero-order chi connectivity index (χ0) is 17.4. The molecule has 0 radical (unpaired) electrons. The molecule has 4 rings (SSSR count). The van der Waals surface area contributed by atoms with Crippen LogP contribution in [0.3, 0.4) is 0 Å². The Balaban J connectivity index is 2.04. The van der Waals surface area contributed by atoms with Gasteiger partial charge in [0, 0.05) is 5.39 Å². The first-order chi connectivity index (χ1) is 12.1. The molecule has 2 aromatic heterocycles. The van der Waals surface area contributed by atoms with Gasteiger partial charge >= 0.3 is 0 Å². The number of pyridine rings is 1. The summed E-state index contributed by atoms with van der Waals surface area (Å²) in [6, 6.07) is 20.7. The lowest BCUT2D eigenvalue weighted by molar-refractivity contribution is 0.595. The average Bonchev–Trinajstić information content (AvgIpc) is 3.17. The van der Waals surface area contributed by atoms with Crippen molar-refractivity contribution < 1.29 is 8.42 Å². The van der Waals surface area contributed by atoms with Crippen molar-refractivity contribution in [3.05, 3.63) is 77.7 Å². The average molecular weight is 365 g/mol. The number of aryl methyl sites for hydroxylation is 1. The van der Waals surface area contributed by atoms with Gasteiger partial charge in [0.15, 0.2) is 5.03 Å². The van der Waals surface area contributed by atoms with Crippen molar-refractivity contribution >= 4 is 32.1 Å². The number of nitrogens with zero attached hydrogens (tertiary/aromatic N) is 1. The lowest BCUT2D eigenvalue weighted by Gasteiger charge is -2.11. The third-order valence-electron chi connectivity index (χ3n) is 4.06. The summed E-state index contributed by atoms with van der Waals surface area (Å²) in [6.07, 6.45) is 0. The Labute approximate surface area is 150 Å². The van der Waals surface area contributed by atoms with E-state index in [0.717, 1.165) is 22.1 Å². The van der Waals surface area contributed by atoms with Crippen molar-refractivity contribution in [2.45, 2.75) is 16.2 Å². The van der Waals surface area contributed by atoms with Crippen molar-refractivity contribution in [2.24, 2.45) is 0 Å². The number of thiophene rings is 1. The van der Waals surface area contributed by atoms with E-state index in [0.29, 0.717) is 9.73 Å². The Morgan fingerprint density at radius 2 is 1.72 bits per heavy atom. The molecule has 0 aliphatic carbocycles. The molecule has 0 atom stereocenters. The smallest absolute Gasteiger partial charge is 0.233 e. The van der Waals surface area contributed by atoms with Crippen LogP contribution in [0.15, 0.2) is 81.3 Å². The minimum atomic E-state index is -3.62. The van der Waals surface area contributed by atoms with E-state index in [-0.39, 0.29) is 5.03 Å². The number of hydrogen-bond donors (Lipinski definition) is 0. The van der Waals surface area contributed by atoms with Gasteiger partial charge < -0.3 is 0 Å². The fourth-order valence-electron chi connectivity index (χ4n) is 2.83. The molecule has 2 heterocycles. The van der Waals surface area contributed by atoms with Gasteiger partial charge in [-0.25, -0.2) is 13.4 Å². The fraction of sp³-hybridized carbons (Fsp3) is 0.0500. The van der Waals surface area contributed by atoms with E-state index >= 15 is 0 Å². The number of sulfone groups is 1. The van der Waals surface area contributed by atoms with Gasteiger partial charge in [-0.3, -0.25) is 0 Å². The van der Waals surface area contributed by atoms with Gasteiger partial charge in [-0.2, -0.15) is 0 Å². The highest BCUT2D eigenvalue weighted by Crippen LogP contribution is 2.33. The highest BCUT2D eigenvalue weighted by atomic mass is 32.2. The highest BCUT2D eigenvalue weighted by Gasteiger charge is 2.22. The third-order valence-corrected chi connectivity index (χ3v) is 7.09. The number of rotatable bonds is 3. The van der Waals surface area contributed by atoms with Crippen LogP contribution < -0.4 is 0 Å². The van der Waals surface area contributed by atoms with Crippen LogP contribution in [0.2, 0.25) is 0 Å². The zero-order valence-corrected chi connectivity index (χ0v) is 15.1. The summed E-state index contributed by atoms with van der Waals surface area (Å²) in [5.41, 5.74) is 3.65. The van der Waals surface area contributed by atoms with Crippen LogP contribution in [-0.2, 0) is 9.84 Å². The van der Waals surface area contributed by atoms with Gasteiger partial charge in [-0.05, 0) is 47.7 Å². The Bertz CT molecular complexity index is 1150. The predicted octanol–water partition coefficient (Wildman–Crippen LogP) is 5.10. The second kappa shape index (κ2) is 6.10. The Hall–Kier alpha value is -2.50. The Morgan fingerprint density at radius 3 is 2.44 bits per heavy atom. The number of benzene rings is 2. The second-order valence-electron chi connectivity index (χ2n) is 5.83. The van der Waals surface area contributed by atoms with Crippen LogP contribution in [0, 0.1) is 6.92 Å². The molecule has 124 valence electrons. The maximum absolute atomic E-state index is 12.9. The van der Waals surface area contributed by atoms with E-state index in [1.807, 2.05) is 55.5 Å². The molecular weight excluding hydrogens is 350 g/mol. The Kier molecular flexibility index (Phi) is 3.90. The normalized spacial score (nSPS) is 11.7. The van der Waals surface area contributed by atoms with Gasteiger partial charge in [0.2, 0.25) is 9.84 Å². The third kappa shape index (κ3) is 2.86. The summed E-state index contributed by atoms with van der Waals surface area (Å²) in [5, 5.41) is 2.80. The van der Waals surface area contributed by atoms with Crippen LogP contribution in [-0.4, -0.2) is 13.4 Å². The number of fused-ring (bicyclic) bond motifs is 1. The summed E-state index contributed by atoms with van der Waals surface area (Å²) in [5.74, 6) is 0. The molecule has 0 fully saturated rings. The standard InChI is InChI=1S/C20H15NO2S2/c1-14-9-10-18-17(12-14)16(15-6-3-2-4-7-15)13-19(21-18)25(22,23)20-8-5-11-24-20/h2-13H,1H3. The van der Waals surface area contributed by atoms with E-state index in [4.69, 9.17) is 0 Å². The lowest BCUT2D eigenvalue weighted by Crippen LogP contribution is -2.03. The first-order valence-corrected chi connectivity index (χ1v) is 10.2. The van der Waals surface area contributed by atoms with Crippen LogP contribution in [0.4, 0.5) is 0 Å². The molecule has 25 heavy (non-hydrogen) atoms. The van der Waals surface area contributed by atoms with Crippen molar-refractivity contribution in [3.8, 4) is 11.1 Å². The molecule has 0 amide bonds. The molecule has 0 aliphatic rings. The zero-order valence-electron chi connectivity index (χ0n) is 13.5. The summed E-state index contributed by atoms with van der Waals surface area (Å²) < 4.78 is 26.2. The van der Waals surface area contributed by atoms with Crippen molar-refractivity contribution in [2.75, 3.05) is 0 Å². The van der Waals surface area contributed by atoms with Crippen molar-refractivity contribution in [1.29, 1.82) is 0 Å². The summed E-state index contributed by atoms with van der Waals surface area (Å²) >= 11 is 1.21. The Morgan fingerprint density at radius 1 is 0.920 bits per heavy atom. The van der Waals surface area contributed by atoms with E-state index in [1.165, 1.54) is 11.3 Å². The molecule has 0 N–H and O–H groups in total. The van der Waals surface area contributed by atoms with Gasteiger partial charge in [0.05, 0.1) is 5.52 Å². The van der Waals surface area contributed by atoms with Gasteiger partial charge in [-0.1, -0.05) is 48.0 Å². The van der Waals surface area contributed by atoms with Gasteiger partial charge in [0.25, 0.3) is 0 Å². The quantitative estimate of drug-likeness (QED) is 0.507. The van der Waals surface area contributed by atoms with Crippen LogP contribution >= 0.6 is 11.3 Å². The molecule has 2 aromatic carbocycles. The monoisotopic (exact) mass is 365 g/mol. The predicted molar refractivity (Wildman–Crippen MR) is 102 cm³/mol. The van der Waals surface area contributed by atoms with E-state index in [9.17, 15) is 8.42 Å². The summed E-state index contributed by atoms with van der Waals surface area (Å²) in [6.45, 7) is 2.02. The molecular formula is C20H15NO2S2. The maximum Gasteiger partial charge on any atom is 0.233 e. The molecule has 4 aromatic rings. The topological polar surface area (TPSA) is 47.0 Å². The van der Waals surface area contributed by atoms with E-state index in [2.05, 4.69) is 4.98 Å². The van der Waals surface area contributed by atoms with Crippen molar-refractivity contribution in [1.82, 2.24) is 4.98 Å². The summed E-state index contributed by atoms with van der Waals surface area (Å²) in [4.78, 5) is 4.45. The molecule has 0 saturated heterocycles. The molecule has 0 saturated carbocycles. The molecule has 0 spiro atoms. The first-order valence-electron chi connectivity index (χ1n) is 7.81.